The van der Waals surface area contributed by atoms with E-state index in [9.17, 15) is 8.42 Å². The molecule has 42 heavy (non-hydrogen) atoms. The third-order valence-corrected chi connectivity index (χ3v) is 11.1. The maximum atomic E-state index is 14.8. The Morgan fingerprint density at radius 2 is 1.69 bits per heavy atom. The topological polar surface area (TPSA) is 71.5 Å². The molecule has 3 fully saturated rings. The van der Waals surface area contributed by atoms with Gasteiger partial charge in [-0.15, -0.1) is 6.58 Å². The molecule has 1 N–H and O–H groups in total. The molecule has 0 aliphatic carbocycles. The number of ether oxygens (including phenoxy) is 1. The number of hydrogen-bond acceptors (Lipinski definition) is 5. The number of fused-ring (bicyclic) bond motifs is 4. The molecule has 4 heterocycles. The summed E-state index contributed by atoms with van der Waals surface area (Å²) in [6, 6.07) is 11.6. The van der Waals surface area contributed by atoms with Gasteiger partial charge >= 0.3 is 0 Å². The van der Waals surface area contributed by atoms with Crippen LogP contribution in [0.15, 0.2) is 60.1 Å². The van der Waals surface area contributed by atoms with Crippen LogP contribution in [0.4, 0.5) is 0 Å². The predicted molar refractivity (Wildman–Crippen MR) is 172 cm³/mol. The largest absolute Gasteiger partial charge is 0.497 e. The third-order valence-electron chi connectivity index (χ3n) is 9.49. The molecule has 3 aromatic rings. The summed E-state index contributed by atoms with van der Waals surface area (Å²) in [6.45, 7) is 18.6. The number of rotatable bonds is 10. The number of nitrogens with zero attached hydrogens (tertiary/aromatic N) is 2. The minimum Gasteiger partial charge on any atom is -0.497 e. The minimum absolute atomic E-state index is 0.0199. The van der Waals surface area contributed by atoms with Crippen LogP contribution in [0.2, 0.25) is 0 Å². The first-order chi connectivity index (χ1) is 19.9. The third kappa shape index (κ3) is 5.76. The van der Waals surface area contributed by atoms with Crippen molar-refractivity contribution in [2.24, 2.45) is 11.8 Å². The minimum atomic E-state index is -3.92. The van der Waals surface area contributed by atoms with Gasteiger partial charge in [-0.1, -0.05) is 59.8 Å². The van der Waals surface area contributed by atoms with E-state index in [1.165, 1.54) is 5.56 Å². The molecule has 0 saturated carbocycles. The van der Waals surface area contributed by atoms with Crippen molar-refractivity contribution in [3.8, 4) is 5.75 Å². The van der Waals surface area contributed by atoms with Crippen LogP contribution < -0.4 is 9.46 Å². The van der Waals surface area contributed by atoms with Crippen molar-refractivity contribution in [3.63, 3.8) is 0 Å². The van der Waals surface area contributed by atoms with Crippen molar-refractivity contribution < 1.29 is 13.2 Å². The van der Waals surface area contributed by atoms with E-state index in [1.807, 2.05) is 24.3 Å². The lowest BCUT2D eigenvalue weighted by atomic mass is 9.73. The van der Waals surface area contributed by atoms with Crippen LogP contribution in [0, 0.1) is 11.8 Å². The number of pyridine rings is 1. The summed E-state index contributed by atoms with van der Waals surface area (Å²) < 4.78 is 38.5. The van der Waals surface area contributed by atoms with E-state index in [-0.39, 0.29) is 17.9 Å². The van der Waals surface area contributed by atoms with Crippen LogP contribution in [0.25, 0.3) is 10.9 Å². The van der Waals surface area contributed by atoms with Gasteiger partial charge in [0.1, 0.15) is 5.75 Å². The van der Waals surface area contributed by atoms with Crippen LogP contribution in [0.5, 0.6) is 5.75 Å². The highest BCUT2D eigenvalue weighted by Crippen LogP contribution is 2.44. The first kappa shape index (κ1) is 30.7. The fourth-order valence-electron chi connectivity index (χ4n) is 7.04. The molecule has 7 heteroatoms. The molecular weight excluding hydrogens is 542 g/mol. The Labute approximate surface area is 252 Å². The zero-order valence-electron chi connectivity index (χ0n) is 26.2. The lowest BCUT2D eigenvalue weighted by Crippen LogP contribution is -2.57. The summed E-state index contributed by atoms with van der Waals surface area (Å²) in [6.07, 6.45) is 5.91. The molecule has 2 bridgehead atoms. The fourth-order valence-corrected chi connectivity index (χ4v) is 8.99. The number of benzene rings is 2. The molecule has 226 valence electrons. The molecule has 6 rings (SSSR count). The van der Waals surface area contributed by atoms with Gasteiger partial charge in [-0.25, -0.2) is 13.1 Å². The number of sulfonamides is 1. The van der Waals surface area contributed by atoms with Gasteiger partial charge in [0, 0.05) is 24.2 Å². The normalized spacial score (nSPS) is 23.2. The average molecular weight is 590 g/mol. The van der Waals surface area contributed by atoms with E-state index in [4.69, 9.17) is 4.74 Å². The van der Waals surface area contributed by atoms with Gasteiger partial charge in [0.2, 0.25) is 10.0 Å². The quantitative estimate of drug-likeness (QED) is 0.248. The standard InChI is InChI=1S/C35H47N3O3S/c1-9-24-20-38-15-13-25(24)18-33(38)34(28-12-14-36-32-11-10-27(41-8)19-31(28)32)37-42(39,40)35-29(22(4)5)16-26(21(2)3)17-30(35)23(6)7/h9-12,14,16-17,19,21-25,33-34,37H,1,13,15,18,20H2,2-8H3. The lowest BCUT2D eigenvalue weighted by molar-refractivity contribution is 0.00490. The maximum Gasteiger partial charge on any atom is 0.241 e. The van der Waals surface area contributed by atoms with E-state index < -0.39 is 16.1 Å². The summed E-state index contributed by atoms with van der Waals surface area (Å²) in [5, 5.41) is 0.913. The Morgan fingerprint density at radius 1 is 1.00 bits per heavy atom. The number of nitrogens with one attached hydrogen (secondary N) is 1. The van der Waals surface area contributed by atoms with Crippen LogP contribution in [-0.2, 0) is 10.0 Å². The Balaban J connectivity index is 1.69. The number of piperidine rings is 3. The average Bonchev–Trinajstić information content (AvgIpc) is 2.98. The van der Waals surface area contributed by atoms with E-state index in [2.05, 4.69) is 80.9 Å². The van der Waals surface area contributed by atoms with Crippen molar-refractivity contribution >= 4 is 20.9 Å². The highest BCUT2D eigenvalue weighted by Gasteiger charge is 2.44. The van der Waals surface area contributed by atoms with Crippen LogP contribution in [-0.4, -0.2) is 44.5 Å². The summed E-state index contributed by atoms with van der Waals surface area (Å²) in [5.41, 5.74) is 4.70. The summed E-state index contributed by atoms with van der Waals surface area (Å²) in [4.78, 5) is 7.53. The van der Waals surface area contributed by atoms with Gasteiger partial charge in [-0.05, 0) is 95.5 Å². The first-order valence-electron chi connectivity index (χ1n) is 15.4. The molecule has 5 atom stereocenters. The summed E-state index contributed by atoms with van der Waals surface area (Å²) >= 11 is 0. The molecule has 6 nitrogen and oxygen atoms in total. The van der Waals surface area contributed by atoms with Gasteiger partial charge < -0.3 is 4.74 Å². The van der Waals surface area contributed by atoms with Crippen LogP contribution >= 0.6 is 0 Å². The predicted octanol–water partition coefficient (Wildman–Crippen LogP) is 7.53. The molecule has 2 aromatic carbocycles. The van der Waals surface area contributed by atoms with E-state index in [0.717, 1.165) is 59.3 Å². The summed E-state index contributed by atoms with van der Waals surface area (Å²) in [7, 11) is -2.27. The van der Waals surface area contributed by atoms with Gasteiger partial charge in [0.05, 0.1) is 23.6 Å². The fraction of sp³-hybridized carbons (Fsp3) is 0.514. The molecule has 0 amide bonds. The Bertz CT molecular complexity index is 1530. The monoisotopic (exact) mass is 589 g/mol. The zero-order chi connectivity index (χ0) is 30.3. The van der Waals surface area contributed by atoms with Crippen LogP contribution in [0.3, 0.4) is 0 Å². The maximum absolute atomic E-state index is 14.8. The van der Waals surface area contributed by atoms with Gasteiger partial charge in [-0.3, -0.25) is 9.88 Å². The molecule has 1 aromatic heterocycles. The van der Waals surface area contributed by atoms with Crippen molar-refractivity contribution in [1.29, 1.82) is 0 Å². The van der Waals surface area contributed by atoms with Crippen LogP contribution in [0.1, 0.15) is 100 Å². The van der Waals surface area contributed by atoms with E-state index in [0.29, 0.717) is 22.6 Å². The molecule has 5 unspecified atom stereocenters. The second-order valence-electron chi connectivity index (χ2n) is 13.1. The summed E-state index contributed by atoms with van der Waals surface area (Å²) in [5.74, 6) is 2.07. The van der Waals surface area contributed by atoms with Gasteiger partial charge in [0.25, 0.3) is 0 Å². The van der Waals surface area contributed by atoms with Crippen molar-refractivity contribution in [2.45, 2.75) is 89.1 Å². The highest BCUT2D eigenvalue weighted by molar-refractivity contribution is 7.89. The van der Waals surface area contributed by atoms with Crippen molar-refractivity contribution in [2.75, 3.05) is 20.2 Å². The van der Waals surface area contributed by atoms with E-state index in [1.54, 1.807) is 13.3 Å². The molecule has 3 aliphatic heterocycles. The highest BCUT2D eigenvalue weighted by atomic mass is 32.2. The number of hydrogen-bond donors (Lipinski definition) is 1. The van der Waals surface area contributed by atoms with Crippen molar-refractivity contribution in [3.05, 3.63) is 77.5 Å². The second kappa shape index (κ2) is 12.1. The van der Waals surface area contributed by atoms with Crippen molar-refractivity contribution in [1.82, 2.24) is 14.6 Å². The Kier molecular flexibility index (Phi) is 8.85. The van der Waals surface area contributed by atoms with Gasteiger partial charge in [-0.2, -0.15) is 0 Å². The molecular formula is C35H47N3O3S. The number of methoxy groups -OCH3 is 1. The number of aromatic nitrogens is 1. The second-order valence-corrected chi connectivity index (χ2v) is 14.8. The Hall–Kier alpha value is -2.74. The SMILES string of the molecule is C=CC1CN2CCC1CC2C(NS(=O)(=O)c1c(C(C)C)cc(C(C)C)cc1C(C)C)c1ccnc2ccc(OC)cc12. The lowest BCUT2D eigenvalue weighted by Gasteiger charge is -2.51. The zero-order valence-corrected chi connectivity index (χ0v) is 27.0. The molecule has 0 radical (unpaired) electrons. The smallest absolute Gasteiger partial charge is 0.241 e. The van der Waals surface area contributed by atoms with E-state index >= 15 is 0 Å². The molecule has 3 aliphatic rings. The first-order valence-corrected chi connectivity index (χ1v) is 16.9. The molecule has 3 saturated heterocycles. The molecule has 0 spiro atoms. The Morgan fingerprint density at radius 3 is 2.24 bits per heavy atom. The van der Waals surface area contributed by atoms with Gasteiger partial charge in [0.15, 0.2) is 0 Å².